The molecule has 10 rings (SSSR count). The Bertz CT molecular complexity index is 2770. The number of furan rings is 1. The van der Waals surface area contributed by atoms with Gasteiger partial charge in [-0.3, -0.25) is 0 Å². The van der Waals surface area contributed by atoms with Crippen molar-refractivity contribution in [3.05, 3.63) is 187 Å². The summed E-state index contributed by atoms with van der Waals surface area (Å²) in [6.07, 6.45) is 0. The average molecular weight is 654 g/mol. The molecule has 0 N–H and O–H groups in total. The summed E-state index contributed by atoms with van der Waals surface area (Å²) >= 11 is 0. The molecule has 0 amide bonds. The minimum Gasteiger partial charge on any atom is -0.454 e. The second-order valence-corrected chi connectivity index (χ2v) is 14.2. The number of nitrogens with zero attached hydrogens (tertiary/aromatic N) is 1. The van der Waals surface area contributed by atoms with Gasteiger partial charge in [0.2, 0.25) is 0 Å². The fourth-order valence-electron chi connectivity index (χ4n) is 8.19. The van der Waals surface area contributed by atoms with E-state index >= 15 is 0 Å². The Morgan fingerprint density at radius 3 is 1.80 bits per heavy atom. The molecule has 0 aliphatic heterocycles. The summed E-state index contributed by atoms with van der Waals surface area (Å²) in [5.41, 5.74) is 15.2. The summed E-state index contributed by atoms with van der Waals surface area (Å²) in [6.45, 7) is 4.68. The molecule has 2 heteroatoms. The standard InChI is InChI=1S/C49H35NO/c1-49(2)44-15-7-5-12-40(44)41-29-24-37(31-45(41)49)34-22-27-39(28-23-34)50(46-16-9-14-43-42-13-6-8-17-47(42)51-48(43)46)38-25-20-33(21-26-38)36-19-18-32-10-3-4-11-35(32)30-36/h3-31H,1-2H3. The molecule has 0 saturated carbocycles. The van der Waals surface area contributed by atoms with Crippen molar-refractivity contribution in [2.45, 2.75) is 19.3 Å². The van der Waals surface area contributed by atoms with Crippen LogP contribution in [0, 0.1) is 0 Å². The van der Waals surface area contributed by atoms with Crippen LogP contribution in [0.25, 0.3) is 66.1 Å². The molecule has 1 heterocycles. The smallest absolute Gasteiger partial charge is 0.159 e. The van der Waals surface area contributed by atoms with E-state index in [0.717, 1.165) is 39.0 Å². The number of fused-ring (bicyclic) bond motifs is 7. The third-order valence-electron chi connectivity index (χ3n) is 10.9. The predicted octanol–water partition coefficient (Wildman–Crippen LogP) is 13.8. The van der Waals surface area contributed by atoms with E-state index in [1.807, 2.05) is 12.1 Å². The summed E-state index contributed by atoms with van der Waals surface area (Å²) < 4.78 is 6.58. The van der Waals surface area contributed by atoms with Crippen molar-refractivity contribution >= 4 is 49.8 Å². The molecule has 1 aliphatic rings. The molecule has 0 radical (unpaired) electrons. The fourth-order valence-corrected chi connectivity index (χ4v) is 8.19. The summed E-state index contributed by atoms with van der Waals surface area (Å²) in [4.78, 5) is 2.32. The van der Waals surface area contributed by atoms with Crippen LogP contribution < -0.4 is 4.90 Å². The van der Waals surface area contributed by atoms with Gasteiger partial charge in [-0.05, 0) is 104 Å². The first kappa shape index (κ1) is 29.5. The zero-order valence-corrected chi connectivity index (χ0v) is 28.6. The number of benzene rings is 8. The van der Waals surface area contributed by atoms with Crippen molar-refractivity contribution in [3.63, 3.8) is 0 Å². The third-order valence-corrected chi connectivity index (χ3v) is 10.9. The highest BCUT2D eigenvalue weighted by molar-refractivity contribution is 6.10. The molecule has 51 heavy (non-hydrogen) atoms. The third kappa shape index (κ3) is 4.71. The van der Waals surface area contributed by atoms with Gasteiger partial charge in [0.1, 0.15) is 5.58 Å². The number of anilines is 3. The Labute approximate surface area is 297 Å². The van der Waals surface area contributed by atoms with Crippen LogP contribution in [0.2, 0.25) is 0 Å². The molecule has 0 fully saturated rings. The van der Waals surface area contributed by atoms with Gasteiger partial charge in [0, 0.05) is 27.6 Å². The Morgan fingerprint density at radius 2 is 1.02 bits per heavy atom. The normalized spacial score (nSPS) is 13.1. The van der Waals surface area contributed by atoms with Gasteiger partial charge in [0.05, 0.1) is 5.69 Å². The summed E-state index contributed by atoms with van der Waals surface area (Å²) in [5, 5.41) is 4.73. The fraction of sp³-hybridized carbons (Fsp3) is 0.0612. The van der Waals surface area contributed by atoms with Gasteiger partial charge < -0.3 is 9.32 Å². The van der Waals surface area contributed by atoms with Crippen LogP contribution in [0.3, 0.4) is 0 Å². The maximum absolute atomic E-state index is 6.58. The van der Waals surface area contributed by atoms with Crippen LogP contribution in [0.15, 0.2) is 180 Å². The average Bonchev–Trinajstić information content (AvgIpc) is 3.68. The molecule has 0 unspecified atom stereocenters. The first-order chi connectivity index (χ1) is 25.0. The second-order valence-electron chi connectivity index (χ2n) is 14.2. The first-order valence-corrected chi connectivity index (χ1v) is 17.7. The van der Waals surface area contributed by atoms with Gasteiger partial charge in [-0.25, -0.2) is 0 Å². The largest absolute Gasteiger partial charge is 0.454 e. The van der Waals surface area contributed by atoms with Crippen molar-refractivity contribution in [2.24, 2.45) is 0 Å². The maximum atomic E-state index is 6.58. The number of hydrogen-bond donors (Lipinski definition) is 0. The van der Waals surface area contributed by atoms with Crippen LogP contribution in [-0.2, 0) is 5.41 Å². The summed E-state index contributed by atoms with van der Waals surface area (Å²) in [5.74, 6) is 0. The van der Waals surface area contributed by atoms with Gasteiger partial charge in [0.15, 0.2) is 5.58 Å². The molecular weight excluding hydrogens is 619 g/mol. The number of para-hydroxylation sites is 2. The molecular formula is C49H35NO. The molecule has 8 aromatic carbocycles. The monoisotopic (exact) mass is 653 g/mol. The van der Waals surface area contributed by atoms with E-state index in [4.69, 9.17) is 4.42 Å². The van der Waals surface area contributed by atoms with Crippen LogP contribution in [0.5, 0.6) is 0 Å². The van der Waals surface area contributed by atoms with Gasteiger partial charge in [-0.1, -0.05) is 141 Å². The molecule has 0 bridgehead atoms. The van der Waals surface area contributed by atoms with E-state index < -0.39 is 0 Å². The van der Waals surface area contributed by atoms with Gasteiger partial charge in [-0.2, -0.15) is 0 Å². The SMILES string of the molecule is CC1(C)c2ccccc2-c2ccc(-c3ccc(N(c4ccc(-c5ccc6ccccc6c5)cc4)c4cccc5c4oc4ccccc45)cc3)cc21. The van der Waals surface area contributed by atoms with Crippen LogP contribution >= 0.6 is 0 Å². The lowest BCUT2D eigenvalue weighted by atomic mass is 9.81. The highest BCUT2D eigenvalue weighted by Gasteiger charge is 2.35. The van der Waals surface area contributed by atoms with Crippen LogP contribution in [0.1, 0.15) is 25.0 Å². The zero-order chi connectivity index (χ0) is 34.1. The quantitative estimate of drug-likeness (QED) is 0.184. The molecule has 2 nitrogen and oxygen atoms in total. The highest BCUT2D eigenvalue weighted by atomic mass is 16.3. The predicted molar refractivity (Wildman–Crippen MR) is 214 cm³/mol. The Balaban J connectivity index is 1.07. The molecule has 242 valence electrons. The van der Waals surface area contributed by atoms with Crippen molar-refractivity contribution < 1.29 is 4.42 Å². The van der Waals surface area contributed by atoms with Gasteiger partial charge in [-0.15, -0.1) is 0 Å². The first-order valence-electron chi connectivity index (χ1n) is 17.7. The van der Waals surface area contributed by atoms with Crippen molar-refractivity contribution in [3.8, 4) is 33.4 Å². The zero-order valence-electron chi connectivity index (χ0n) is 28.6. The minimum atomic E-state index is -0.0387. The Kier molecular flexibility index (Phi) is 6.56. The molecule has 0 saturated heterocycles. The summed E-state index contributed by atoms with van der Waals surface area (Å²) in [6, 6.07) is 63.6. The Morgan fingerprint density at radius 1 is 0.431 bits per heavy atom. The van der Waals surface area contributed by atoms with Crippen LogP contribution in [-0.4, -0.2) is 0 Å². The molecule has 0 spiro atoms. The van der Waals surface area contributed by atoms with E-state index in [1.54, 1.807) is 0 Å². The minimum absolute atomic E-state index is 0.0387. The van der Waals surface area contributed by atoms with E-state index in [1.165, 1.54) is 55.3 Å². The maximum Gasteiger partial charge on any atom is 0.159 e. The lowest BCUT2D eigenvalue weighted by Gasteiger charge is -2.26. The van der Waals surface area contributed by atoms with Crippen molar-refractivity contribution in [1.29, 1.82) is 0 Å². The second kappa shape index (κ2) is 11.3. The van der Waals surface area contributed by atoms with Gasteiger partial charge >= 0.3 is 0 Å². The molecule has 1 aliphatic carbocycles. The molecule has 0 atom stereocenters. The summed E-state index contributed by atoms with van der Waals surface area (Å²) in [7, 11) is 0. The molecule has 1 aromatic heterocycles. The van der Waals surface area contributed by atoms with Crippen LogP contribution in [0.4, 0.5) is 17.1 Å². The topological polar surface area (TPSA) is 16.4 Å². The molecule has 9 aromatic rings. The lowest BCUT2D eigenvalue weighted by molar-refractivity contribution is 0.660. The number of rotatable bonds is 5. The highest BCUT2D eigenvalue weighted by Crippen LogP contribution is 2.50. The van der Waals surface area contributed by atoms with E-state index in [2.05, 4.69) is 183 Å². The van der Waals surface area contributed by atoms with E-state index in [9.17, 15) is 0 Å². The Hall–Kier alpha value is -6.38. The number of hydrogen-bond acceptors (Lipinski definition) is 2. The van der Waals surface area contributed by atoms with E-state index in [-0.39, 0.29) is 5.41 Å². The van der Waals surface area contributed by atoms with Crippen molar-refractivity contribution in [2.75, 3.05) is 4.90 Å². The van der Waals surface area contributed by atoms with E-state index in [0.29, 0.717) is 0 Å². The lowest BCUT2D eigenvalue weighted by Crippen LogP contribution is -2.14. The van der Waals surface area contributed by atoms with Crippen molar-refractivity contribution in [1.82, 2.24) is 0 Å². The van der Waals surface area contributed by atoms with Gasteiger partial charge in [0.25, 0.3) is 0 Å².